The number of hydrogen-bond donors (Lipinski definition) is 0. The van der Waals surface area contributed by atoms with Gasteiger partial charge >= 0.3 is 0 Å². The van der Waals surface area contributed by atoms with Crippen LogP contribution >= 0.6 is 0 Å². The van der Waals surface area contributed by atoms with Gasteiger partial charge in [0, 0.05) is 43.8 Å². The number of amides is 1. The van der Waals surface area contributed by atoms with Gasteiger partial charge in [-0.05, 0) is 55.7 Å². The van der Waals surface area contributed by atoms with Crippen LogP contribution < -0.4 is 0 Å². The lowest BCUT2D eigenvalue weighted by atomic mass is 9.78. The molecule has 2 aliphatic rings. The SMILES string of the molecule is CC.Cn1cc(CCC(=O)N2CCCC3CCCCC32)c2cccnc21. The molecule has 1 amide bonds. The van der Waals surface area contributed by atoms with Crippen LogP contribution in [-0.2, 0) is 18.3 Å². The van der Waals surface area contributed by atoms with E-state index < -0.39 is 0 Å². The minimum Gasteiger partial charge on any atom is -0.339 e. The van der Waals surface area contributed by atoms with Gasteiger partial charge in [0.15, 0.2) is 0 Å². The van der Waals surface area contributed by atoms with Crippen molar-refractivity contribution in [3.05, 3.63) is 30.1 Å². The van der Waals surface area contributed by atoms with Gasteiger partial charge in [-0.15, -0.1) is 0 Å². The zero-order valence-corrected chi connectivity index (χ0v) is 16.6. The Labute approximate surface area is 157 Å². The van der Waals surface area contributed by atoms with Gasteiger partial charge in [0.25, 0.3) is 0 Å². The monoisotopic (exact) mass is 355 g/mol. The summed E-state index contributed by atoms with van der Waals surface area (Å²) < 4.78 is 2.06. The number of fused-ring (bicyclic) bond motifs is 2. The fourth-order valence-corrected chi connectivity index (χ4v) is 4.81. The maximum atomic E-state index is 12.9. The minimum absolute atomic E-state index is 0.354. The topological polar surface area (TPSA) is 38.1 Å². The Bertz CT molecular complexity index is 734. The summed E-state index contributed by atoms with van der Waals surface area (Å²) in [6, 6.07) is 4.61. The lowest BCUT2D eigenvalue weighted by molar-refractivity contribution is -0.137. The number of nitrogens with zero attached hydrogens (tertiary/aromatic N) is 3. The van der Waals surface area contributed by atoms with Crippen molar-refractivity contribution in [1.82, 2.24) is 14.5 Å². The van der Waals surface area contributed by atoms with E-state index in [1.807, 2.05) is 33.2 Å². The molecule has 2 fully saturated rings. The number of rotatable bonds is 3. The summed E-state index contributed by atoms with van der Waals surface area (Å²) in [7, 11) is 2.03. The Balaban J connectivity index is 0.000000948. The fraction of sp³-hybridized carbons (Fsp3) is 0.636. The largest absolute Gasteiger partial charge is 0.339 e. The Hall–Kier alpha value is -1.84. The number of likely N-dealkylation sites (tertiary alicyclic amines) is 1. The standard InChI is InChI=1S/C20H27N3O.C2H6/c1-22-14-16(17-8-4-12-21-20(17)22)10-11-19(24)23-13-5-7-15-6-2-3-9-18(15)23;1-2/h4,8,12,14-15,18H,2-3,5-7,9-11,13H2,1H3;1-2H3. The third kappa shape index (κ3) is 3.79. The molecule has 0 bridgehead atoms. The van der Waals surface area contributed by atoms with Gasteiger partial charge in [-0.3, -0.25) is 4.79 Å². The van der Waals surface area contributed by atoms with E-state index in [9.17, 15) is 4.79 Å². The molecule has 0 spiro atoms. The van der Waals surface area contributed by atoms with Crippen molar-refractivity contribution in [1.29, 1.82) is 0 Å². The van der Waals surface area contributed by atoms with Gasteiger partial charge in [-0.1, -0.05) is 26.7 Å². The molecule has 26 heavy (non-hydrogen) atoms. The van der Waals surface area contributed by atoms with Crippen molar-refractivity contribution in [2.75, 3.05) is 6.54 Å². The fourth-order valence-electron chi connectivity index (χ4n) is 4.81. The van der Waals surface area contributed by atoms with Crippen molar-refractivity contribution in [3.8, 4) is 0 Å². The predicted molar refractivity (Wildman–Crippen MR) is 107 cm³/mol. The lowest BCUT2D eigenvalue weighted by Crippen LogP contribution is -2.49. The van der Waals surface area contributed by atoms with Gasteiger partial charge in [0.05, 0.1) is 0 Å². The number of aryl methyl sites for hydroxylation is 2. The molecule has 142 valence electrons. The maximum Gasteiger partial charge on any atom is 0.223 e. The van der Waals surface area contributed by atoms with Crippen LogP contribution in [0.4, 0.5) is 0 Å². The van der Waals surface area contributed by atoms with E-state index >= 15 is 0 Å². The lowest BCUT2D eigenvalue weighted by Gasteiger charge is -2.44. The highest BCUT2D eigenvalue weighted by atomic mass is 16.2. The van der Waals surface area contributed by atoms with Crippen LogP contribution in [0.5, 0.6) is 0 Å². The summed E-state index contributed by atoms with van der Waals surface area (Å²) in [5.41, 5.74) is 2.25. The first-order chi connectivity index (χ1) is 12.7. The zero-order chi connectivity index (χ0) is 18.5. The third-order valence-electron chi connectivity index (χ3n) is 5.99. The highest BCUT2D eigenvalue weighted by molar-refractivity contribution is 5.82. The molecule has 2 aromatic rings. The number of aromatic nitrogens is 2. The predicted octanol–water partition coefficient (Wildman–Crippen LogP) is 4.71. The van der Waals surface area contributed by atoms with Gasteiger partial charge < -0.3 is 9.47 Å². The molecule has 2 unspecified atom stereocenters. The third-order valence-corrected chi connectivity index (χ3v) is 5.99. The van der Waals surface area contributed by atoms with E-state index in [2.05, 4.69) is 26.7 Å². The van der Waals surface area contributed by atoms with E-state index in [1.54, 1.807) is 0 Å². The van der Waals surface area contributed by atoms with Crippen molar-refractivity contribution in [3.63, 3.8) is 0 Å². The first-order valence-corrected chi connectivity index (χ1v) is 10.4. The zero-order valence-electron chi connectivity index (χ0n) is 16.6. The van der Waals surface area contributed by atoms with Crippen LogP contribution in [0.1, 0.15) is 64.4 Å². The minimum atomic E-state index is 0.354. The molecule has 1 saturated carbocycles. The molecule has 1 saturated heterocycles. The second kappa shape index (κ2) is 8.70. The van der Waals surface area contributed by atoms with Gasteiger partial charge in [0.2, 0.25) is 5.91 Å². The molecule has 4 heteroatoms. The molecule has 3 heterocycles. The first-order valence-electron chi connectivity index (χ1n) is 10.4. The Morgan fingerprint density at radius 1 is 1.19 bits per heavy atom. The van der Waals surface area contributed by atoms with Crippen molar-refractivity contribution in [2.45, 2.75) is 71.3 Å². The molecule has 4 nitrogen and oxygen atoms in total. The Morgan fingerprint density at radius 2 is 1.96 bits per heavy atom. The van der Waals surface area contributed by atoms with E-state index in [4.69, 9.17) is 0 Å². The number of hydrogen-bond acceptors (Lipinski definition) is 2. The van der Waals surface area contributed by atoms with Gasteiger partial charge in [-0.2, -0.15) is 0 Å². The highest BCUT2D eigenvalue weighted by Gasteiger charge is 2.35. The summed E-state index contributed by atoms with van der Waals surface area (Å²) in [5, 5.41) is 1.18. The quantitative estimate of drug-likeness (QED) is 0.799. The summed E-state index contributed by atoms with van der Waals surface area (Å²) in [6.07, 6.45) is 13.1. The van der Waals surface area contributed by atoms with Crippen LogP contribution in [-0.4, -0.2) is 32.9 Å². The van der Waals surface area contributed by atoms with E-state index in [0.29, 0.717) is 18.4 Å². The maximum absolute atomic E-state index is 12.9. The number of carbonyl (C=O) groups excluding carboxylic acids is 1. The molecule has 0 N–H and O–H groups in total. The van der Waals surface area contributed by atoms with Crippen LogP contribution in [0, 0.1) is 5.92 Å². The average molecular weight is 356 g/mol. The molecular formula is C22H33N3O. The number of carbonyl (C=O) groups is 1. The van der Waals surface area contributed by atoms with E-state index in [0.717, 1.165) is 24.5 Å². The molecule has 1 aliphatic carbocycles. The van der Waals surface area contributed by atoms with Crippen LogP contribution in [0.3, 0.4) is 0 Å². The van der Waals surface area contributed by atoms with Crippen LogP contribution in [0.15, 0.2) is 24.5 Å². The molecule has 0 aromatic carbocycles. The van der Waals surface area contributed by atoms with Crippen molar-refractivity contribution < 1.29 is 4.79 Å². The van der Waals surface area contributed by atoms with E-state index in [1.165, 1.54) is 49.5 Å². The molecule has 4 rings (SSSR count). The summed E-state index contributed by atoms with van der Waals surface area (Å²) in [5.74, 6) is 1.12. The normalized spacial score (nSPS) is 22.5. The number of pyridine rings is 1. The highest BCUT2D eigenvalue weighted by Crippen LogP contribution is 2.35. The molecular weight excluding hydrogens is 322 g/mol. The molecule has 2 aromatic heterocycles. The second-order valence-electron chi connectivity index (χ2n) is 7.48. The van der Waals surface area contributed by atoms with Gasteiger partial charge in [-0.25, -0.2) is 4.98 Å². The molecule has 1 aliphatic heterocycles. The summed E-state index contributed by atoms with van der Waals surface area (Å²) >= 11 is 0. The average Bonchev–Trinajstić information content (AvgIpc) is 3.03. The van der Waals surface area contributed by atoms with Crippen molar-refractivity contribution in [2.24, 2.45) is 13.0 Å². The summed E-state index contributed by atoms with van der Waals surface area (Å²) in [6.45, 7) is 4.97. The Morgan fingerprint density at radius 3 is 2.81 bits per heavy atom. The van der Waals surface area contributed by atoms with Crippen LogP contribution in [0.25, 0.3) is 11.0 Å². The van der Waals surface area contributed by atoms with Crippen molar-refractivity contribution >= 4 is 16.9 Å². The Kier molecular flexibility index (Phi) is 6.33. The van der Waals surface area contributed by atoms with E-state index in [-0.39, 0.29) is 0 Å². The molecule has 0 radical (unpaired) electrons. The van der Waals surface area contributed by atoms with Crippen LogP contribution in [0.2, 0.25) is 0 Å². The number of piperidine rings is 1. The van der Waals surface area contributed by atoms with Gasteiger partial charge in [0.1, 0.15) is 5.65 Å². The second-order valence-corrected chi connectivity index (χ2v) is 7.48. The summed E-state index contributed by atoms with van der Waals surface area (Å²) in [4.78, 5) is 19.5. The smallest absolute Gasteiger partial charge is 0.223 e. The first kappa shape index (κ1) is 18.9. The molecule has 2 atom stereocenters.